The van der Waals surface area contributed by atoms with Gasteiger partial charge in [0.2, 0.25) is 0 Å². The normalized spacial score (nSPS) is 55.7. The monoisotopic (exact) mass is 314 g/mol. The van der Waals surface area contributed by atoms with Gasteiger partial charge in [-0.2, -0.15) is 0 Å². The van der Waals surface area contributed by atoms with Crippen molar-refractivity contribution < 1.29 is 0 Å². The van der Waals surface area contributed by atoms with E-state index >= 15 is 0 Å². The number of fused-ring (bicyclic) bond motifs is 5. The molecule has 0 N–H and O–H groups in total. The minimum absolute atomic E-state index is 0.580. The quantitative estimate of drug-likeness (QED) is 0.464. The molecule has 4 aliphatic carbocycles. The Bertz CT molecular complexity index is 490. The zero-order valence-corrected chi connectivity index (χ0v) is 16.0. The fraction of sp³-hybridized carbons (Fsp3) is 0.913. The lowest BCUT2D eigenvalue weighted by molar-refractivity contribution is -0.122. The van der Waals surface area contributed by atoms with E-state index in [1.165, 1.54) is 56.9 Å². The highest BCUT2D eigenvalue weighted by Crippen LogP contribution is 2.68. The first-order valence-corrected chi connectivity index (χ1v) is 10.5. The second kappa shape index (κ2) is 5.37. The van der Waals surface area contributed by atoms with Gasteiger partial charge in [0.25, 0.3) is 0 Å². The second-order valence-electron chi connectivity index (χ2n) is 10.5. The van der Waals surface area contributed by atoms with Crippen LogP contribution in [0.2, 0.25) is 0 Å². The lowest BCUT2D eigenvalue weighted by Crippen LogP contribution is -2.54. The molecule has 8 atom stereocenters. The van der Waals surface area contributed by atoms with Crippen molar-refractivity contribution in [2.75, 3.05) is 0 Å². The van der Waals surface area contributed by atoms with Gasteiger partial charge in [-0.15, -0.1) is 0 Å². The predicted octanol–water partition coefficient (Wildman–Crippen LogP) is 6.86. The van der Waals surface area contributed by atoms with Crippen LogP contribution in [-0.2, 0) is 0 Å². The zero-order valence-electron chi connectivity index (χ0n) is 16.0. The largest absolute Gasteiger partial charge is 0.0998 e. The van der Waals surface area contributed by atoms with Gasteiger partial charge in [-0.05, 0) is 98.2 Å². The van der Waals surface area contributed by atoms with Crippen molar-refractivity contribution in [2.24, 2.45) is 46.3 Å². The maximum absolute atomic E-state index is 4.37. The first kappa shape index (κ1) is 16.2. The van der Waals surface area contributed by atoms with Gasteiger partial charge < -0.3 is 0 Å². The highest BCUT2D eigenvalue weighted by molar-refractivity contribution is 5.15. The summed E-state index contributed by atoms with van der Waals surface area (Å²) in [5.74, 6) is 5.88. The molecule has 0 heteroatoms. The minimum Gasteiger partial charge on any atom is -0.0998 e. The minimum atomic E-state index is 0.580. The van der Waals surface area contributed by atoms with Gasteiger partial charge in [0.05, 0.1) is 0 Å². The molecule has 0 bridgehead atoms. The Morgan fingerprint density at radius 1 is 0.826 bits per heavy atom. The van der Waals surface area contributed by atoms with Crippen molar-refractivity contribution in [2.45, 2.75) is 85.5 Å². The fourth-order valence-electron chi connectivity index (χ4n) is 8.61. The van der Waals surface area contributed by atoms with Crippen LogP contribution in [0.25, 0.3) is 0 Å². The summed E-state index contributed by atoms with van der Waals surface area (Å²) in [6.07, 6.45) is 13.5. The van der Waals surface area contributed by atoms with Gasteiger partial charge in [-0.25, -0.2) is 0 Å². The molecular formula is C23H38. The topological polar surface area (TPSA) is 0 Å². The van der Waals surface area contributed by atoms with E-state index in [2.05, 4.69) is 34.3 Å². The van der Waals surface area contributed by atoms with Crippen molar-refractivity contribution in [1.82, 2.24) is 0 Å². The molecule has 0 spiro atoms. The highest BCUT2D eigenvalue weighted by atomic mass is 14.6. The van der Waals surface area contributed by atoms with Crippen molar-refractivity contribution in [3.8, 4) is 0 Å². The molecule has 0 aromatic carbocycles. The van der Waals surface area contributed by atoms with Gasteiger partial charge in [-0.1, -0.05) is 45.8 Å². The van der Waals surface area contributed by atoms with Crippen molar-refractivity contribution in [1.29, 1.82) is 0 Å². The van der Waals surface area contributed by atoms with E-state index in [1.54, 1.807) is 6.42 Å². The number of hydrogen-bond donors (Lipinski definition) is 0. The Morgan fingerprint density at radius 3 is 2.26 bits per heavy atom. The second-order valence-corrected chi connectivity index (χ2v) is 10.5. The summed E-state index contributed by atoms with van der Waals surface area (Å²) < 4.78 is 0. The molecule has 4 rings (SSSR count). The van der Waals surface area contributed by atoms with E-state index < -0.39 is 0 Å². The average Bonchev–Trinajstić information content (AvgIpc) is 2.84. The first-order valence-electron chi connectivity index (χ1n) is 10.5. The van der Waals surface area contributed by atoms with Crippen LogP contribution in [0.1, 0.15) is 85.5 Å². The summed E-state index contributed by atoms with van der Waals surface area (Å²) in [6.45, 7) is 14.6. The Kier molecular flexibility index (Phi) is 3.79. The highest BCUT2D eigenvalue weighted by Gasteiger charge is 2.60. The van der Waals surface area contributed by atoms with Gasteiger partial charge in [0.15, 0.2) is 0 Å². The molecule has 0 saturated heterocycles. The molecule has 0 heterocycles. The Labute approximate surface area is 144 Å². The smallest absolute Gasteiger partial charge is 0.0152 e. The van der Waals surface area contributed by atoms with Crippen LogP contribution in [0.15, 0.2) is 12.2 Å². The molecule has 0 amide bonds. The van der Waals surface area contributed by atoms with Crippen molar-refractivity contribution in [3.63, 3.8) is 0 Å². The van der Waals surface area contributed by atoms with Crippen LogP contribution in [0.4, 0.5) is 0 Å². The number of allylic oxidation sites excluding steroid dienone is 1. The average molecular weight is 315 g/mol. The van der Waals surface area contributed by atoms with Crippen LogP contribution < -0.4 is 0 Å². The molecule has 0 unspecified atom stereocenters. The van der Waals surface area contributed by atoms with E-state index in [-0.39, 0.29) is 0 Å². The summed E-state index contributed by atoms with van der Waals surface area (Å²) in [6, 6.07) is 0. The molecule has 0 radical (unpaired) electrons. The van der Waals surface area contributed by atoms with Crippen LogP contribution in [-0.4, -0.2) is 0 Å². The van der Waals surface area contributed by atoms with Crippen LogP contribution >= 0.6 is 0 Å². The molecule has 0 aliphatic heterocycles. The van der Waals surface area contributed by atoms with Gasteiger partial charge in [0, 0.05) is 0 Å². The zero-order chi connectivity index (χ0) is 16.4. The lowest BCUT2D eigenvalue weighted by Gasteiger charge is -2.61. The molecule has 4 saturated carbocycles. The molecule has 0 nitrogen and oxygen atoms in total. The maximum Gasteiger partial charge on any atom is -0.0152 e. The summed E-state index contributed by atoms with van der Waals surface area (Å²) in [7, 11) is 0. The predicted molar refractivity (Wildman–Crippen MR) is 99.2 cm³/mol. The summed E-state index contributed by atoms with van der Waals surface area (Å²) in [5, 5.41) is 0. The Balaban J connectivity index is 1.64. The number of hydrogen-bond acceptors (Lipinski definition) is 0. The first-order chi connectivity index (χ1) is 10.9. The third kappa shape index (κ3) is 2.15. The number of rotatable bonds is 1. The van der Waals surface area contributed by atoms with E-state index in [0.717, 1.165) is 35.5 Å². The third-order valence-electron chi connectivity index (χ3n) is 9.60. The standard InChI is InChI=1S/C23H38/c1-15(2)18-10-11-20-17-8-9-19-16(3)7-6-13-22(19,4)21(17)12-14-23(18,20)5/h16-21H,1,6-14H2,2-5H3/t16-,17+,18-,19+,20+,21+,22+,23-/m1/s1. The molecule has 4 aliphatic rings. The van der Waals surface area contributed by atoms with E-state index in [9.17, 15) is 0 Å². The molecule has 0 aromatic heterocycles. The Morgan fingerprint density at radius 2 is 1.52 bits per heavy atom. The summed E-state index contributed by atoms with van der Waals surface area (Å²) >= 11 is 0. The van der Waals surface area contributed by atoms with E-state index in [1.807, 2.05) is 0 Å². The van der Waals surface area contributed by atoms with Crippen LogP contribution in [0.3, 0.4) is 0 Å². The molecular weight excluding hydrogens is 276 g/mol. The van der Waals surface area contributed by atoms with Gasteiger partial charge in [0.1, 0.15) is 0 Å². The lowest BCUT2D eigenvalue weighted by atomic mass is 9.43. The summed E-state index contributed by atoms with van der Waals surface area (Å²) in [4.78, 5) is 0. The maximum atomic E-state index is 4.37. The molecule has 4 fully saturated rings. The molecule has 23 heavy (non-hydrogen) atoms. The molecule has 130 valence electrons. The van der Waals surface area contributed by atoms with Crippen molar-refractivity contribution in [3.05, 3.63) is 12.2 Å². The third-order valence-corrected chi connectivity index (χ3v) is 9.60. The Hall–Kier alpha value is -0.260. The van der Waals surface area contributed by atoms with Crippen LogP contribution in [0.5, 0.6) is 0 Å². The van der Waals surface area contributed by atoms with Gasteiger partial charge >= 0.3 is 0 Å². The summed E-state index contributed by atoms with van der Waals surface area (Å²) in [5.41, 5.74) is 2.72. The SMILES string of the molecule is C=C(C)[C@H]1CC[C@H]2[C@@H]3CC[C@H]4[C@H](C)CCC[C@]4(C)[C@H]3CC[C@]12C. The van der Waals surface area contributed by atoms with E-state index in [0.29, 0.717) is 10.8 Å². The van der Waals surface area contributed by atoms with E-state index in [4.69, 9.17) is 0 Å². The van der Waals surface area contributed by atoms with Crippen LogP contribution in [0, 0.1) is 46.3 Å². The molecule has 0 aromatic rings. The fourth-order valence-corrected chi connectivity index (χ4v) is 8.61. The van der Waals surface area contributed by atoms with Gasteiger partial charge in [-0.3, -0.25) is 0 Å². The van der Waals surface area contributed by atoms with Crippen molar-refractivity contribution >= 4 is 0 Å².